The Morgan fingerprint density at radius 2 is 0.595 bits per heavy atom. The van der Waals surface area contributed by atoms with Crippen molar-refractivity contribution in [1.29, 1.82) is 0 Å². The minimum absolute atomic E-state index is 0.00921. The van der Waals surface area contributed by atoms with Crippen molar-refractivity contribution >= 4 is 11.9 Å². The van der Waals surface area contributed by atoms with Gasteiger partial charge >= 0.3 is 5.97 Å². The van der Waals surface area contributed by atoms with E-state index in [4.69, 9.17) is 4.74 Å². The number of amides is 1. The van der Waals surface area contributed by atoms with Gasteiger partial charge in [-0.15, -0.1) is 0 Å². The van der Waals surface area contributed by atoms with Crippen LogP contribution >= 0.6 is 0 Å². The first-order valence-electron chi connectivity index (χ1n) is 37.9. The first-order valence-corrected chi connectivity index (χ1v) is 37.9. The molecule has 494 valence electrons. The van der Waals surface area contributed by atoms with E-state index in [1.165, 1.54) is 334 Å². The first-order chi connectivity index (χ1) is 41.5. The Hall–Kier alpha value is -2.18. The zero-order valence-electron chi connectivity index (χ0n) is 56.6. The zero-order chi connectivity index (χ0) is 60.6. The molecule has 0 aromatic carbocycles. The number of aliphatic hydroxyl groups is 2. The maximum absolute atomic E-state index is 12.5. The van der Waals surface area contributed by atoms with Crippen LogP contribution in [0.5, 0.6) is 0 Å². The molecule has 0 aliphatic carbocycles. The molecule has 0 aromatic rings. The minimum Gasteiger partial charge on any atom is -0.466 e. The van der Waals surface area contributed by atoms with E-state index >= 15 is 0 Å². The number of carbonyl (C=O) groups excluding carboxylic acids is 2. The first kappa shape index (κ1) is 81.8. The van der Waals surface area contributed by atoms with Gasteiger partial charge in [0.15, 0.2) is 0 Å². The predicted molar refractivity (Wildman–Crippen MR) is 370 cm³/mol. The molecule has 6 nitrogen and oxygen atoms in total. The average Bonchev–Trinajstić information content (AvgIpc) is 3.51. The normalized spacial score (nSPS) is 12.8. The standard InChI is InChI=1S/C78H147NO5/c1-3-5-7-9-11-13-15-17-19-21-23-35-38-42-46-50-54-58-62-66-70-76(81)75(74-80)79-77(82)71-67-63-59-55-51-47-43-39-36-33-31-29-27-25-24-26-28-30-32-34-37-41-45-49-53-57-61-65-69-73-84-78(83)72-68-64-60-56-52-48-44-40-22-20-18-16-14-12-10-8-6-4-2/h14,16,20,22,24,26,66,70,75-76,80-81H,3-13,15,17-19,21,23,25,27-65,67-69,71-74H2,1-2H3,(H,79,82)/b16-14-,22-20-,26-24-,70-66+. The smallest absolute Gasteiger partial charge is 0.305 e. The van der Waals surface area contributed by atoms with E-state index in [0.717, 1.165) is 51.4 Å². The Morgan fingerprint density at radius 3 is 0.929 bits per heavy atom. The van der Waals surface area contributed by atoms with E-state index in [1.54, 1.807) is 6.08 Å². The number of ether oxygens (including phenoxy) is 1. The van der Waals surface area contributed by atoms with Crippen molar-refractivity contribution in [2.45, 2.75) is 424 Å². The monoisotopic (exact) mass is 1180 g/mol. The number of aliphatic hydroxyl groups excluding tert-OH is 2. The quantitative estimate of drug-likeness (QED) is 0.0320. The molecule has 0 heterocycles. The number of allylic oxidation sites excluding steroid dienone is 7. The van der Waals surface area contributed by atoms with Gasteiger partial charge in [0.2, 0.25) is 5.91 Å². The lowest BCUT2D eigenvalue weighted by Gasteiger charge is -2.20. The molecule has 84 heavy (non-hydrogen) atoms. The highest BCUT2D eigenvalue weighted by Crippen LogP contribution is 2.19. The van der Waals surface area contributed by atoms with Gasteiger partial charge in [0, 0.05) is 12.8 Å². The Balaban J connectivity index is 3.39. The molecule has 2 atom stereocenters. The molecule has 0 saturated heterocycles. The lowest BCUT2D eigenvalue weighted by atomic mass is 10.0. The van der Waals surface area contributed by atoms with E-state index in [2.05, 4.69) is 55.6 Å². The second kappa shape index (κ2) is 73.3. The van der Waals surface area contributed by atoms with Crippen LogP contribution in [0.15, 0.2) is 48.6 Å². The number of hydrogen-bond acceptors (Lipinski definition) is 5. The summed E-state index contributed by atoms with van der Waals surface area (Å²) < 4.78 is 5.50. The average molecular weight is 1180 g/mol. The van der Waals surface area contributed by atoms with Crippen molar-refractivity contribution in [3.63, 3.8) is 0 Å². The Kier molecular flexibility index (Phi) is 71.4. The van der Waals surface area contributed by atoms with E-state index < -0.39 is 12.1 Å². The van der Waals surface area contributed by atoms with E-state index in [0.29, 0.717) is 19.4 Å². The van der Waals surface area contributed by atoms with Crippen LogP contribution in [0.4, 0.5) is 0 Å². The summed E-state index contributed by atoms with van der Waals surface area (Å²) in [5.41, 5.74) is 0. The molecule has 0 saturated carbocycles. The Bertz CT molecular complexity index is 1400. The third-order valence-corrected chi connectivity index (χ3v) is 17.6. The topological polar surface area (TPSA) is 95.9 Å². The highest BCUT2D eigenvalue weighted by molar-refractivity contribution is 5.76. The van der Waals surface area contributed by atoms with Gasteiger partial charge < -0.3 is 20.3 Å². The van der Waals surface area contributed by atoms with Crippen LogP contribution < -0.4 is 5.32 Å². The summed E-state index contributed by atoms with van der Waals surface area (Å²) in [4.78, 5) is 24.6. The molecule has 0 spiro atoms. The van der Waals surface area contributed by atoms with Crippen molar-refractivity contribution in [1.82, 2.24) is 5.32 Å². The number of nitrogens with one attached hydrogen (secondary N) is 1. The number of unbranched alkanes of at least 4 members (excludes halogenated alkanes) is 54. The molecule has 0 aliphatic rings. The maximum atomic E-state index is 12.5. The van der Waals surface area contributed by atoms with Crippen molar-refractivity contribution in [2.75, 3.05) is 13.2 Å². The molecule has 2 unspecified atom stereocenters. The zero-order valence-corrected chi connectivity index (χ0v) is 56.6. The Morgan fingerprint density at radius 1 is 0.333 bits per heavy atom. The molecule has 1 amide bonds. The van der Waals surface area contributed by atoms with E-state index in [1.807, 2.05) is 6.08 Å². The lowest BCUT2D eigenvalue weighted by molar-refractivity contribution is -0.143. The van der Waals surface area contributed by atoms with Gasteiger partial charge in [-0.2, -0.15) is 0 Å². The molecule has 0 rings (SSSR count). The van der Waals surface area contributed by atoms with Crippen LogP contribution in [-0.2, 0) is 14.3 Å². The number of hydrogen-bond donors (Lipinski definition) is 3. The van der Waals surface area contributed by atoms with Crippen molar-refractivity contribution in [2.24, 2.45) is 0 Å². The number of rotatable bonds is 71. The maximum Gasteiger partial charge on any atom is 0.305 e. The lowest BCUT2D eigenvalue weighted by Crippen LogP contribution is -2.45. The van der Waals surface area contributed by atoms with Crippen molar-refractivity contribution in [3.05, 3.63) is 48.6 Å². The van der Waals surface area contributed by atoms with Gasteiger partial charge in [0.25, 0.3) is 0 Å². The van der Waals surface area contributed by atoms with Crippen molar-refractivity contribution < 1.29 is 24.5 Å². The van der Waals surface area contributed by atoms with Crippen LogP contribution in [0.1, 0.15) is 412 Å². The highest BCUT2D eigenvalue weighted by Gasteiger charge is 2.18. The molecule has 0 fully saturated rings. The van der Waals surface area contributed by atoms with E-state index in [-0.39, 0.29) is 18.5 Å². The molecular formula is C78H147NO5. The van der Waals surface area contributed by atoms with Gasteiger partial charge in [0.05, 0.1) is 25.4 Å². The summed E-state index contributed by atoms with van der Waals surface area (Å²) in [6.45, 7) is 4.92. The van der Waals surface area contributed by atoms with Gasteiger partial charge in [-0.25, -0.2) is 0 Å². The SMILES string of the molecule is CCCCCC/C=C\C/C=C\CCCCCCCCCC(=O)OCCCCCCCCCCCCCC/C=C\CCCCCCCCCCCCCCCC(=O)NC(CO)C(O)/C=C/CCCCCCCCCCCCCCCCCCCC. The van der Waals surface area contributed by atoms with Crippen LogP contribution in [0.3, 0.4) is 0 Å². The highest BCUT2D eigenvalue weighted by atomic mass is 16.5. The molecule has 0 bridgehead atoms. The largest absolute Gasteiger partial charge is 0.466 e. The third kappa shape index (κ3) is 68.9. The summed E-state index contributed by atoms with van der Waals surface area (Å²) in [6, 6.07) is -0.629. The fraction of sp³-hybridized carbons (Fsp3) is 0.872. The Labute approximate surface area is 525 Å². The van der Waals surface area contributed by atoms with E-state index in [9.17, 15) is 19.8 Å². The van der Waals surface area contributed by atoms with Crippen LogP contribution in [0.2, 0.25) is 0 Å². The van der Waals surface area contributed by atoms with Crippen LogP contribution in [0, 0.1) is 0 Å². The molecule has 0 radical (unpaired) electrons. The molecule has 0 aliphatic heterocycles. The summed E-state index contributed by atoms with van der Waals surface area (Å²) in [7, 11) is 0. The summed E-state index contributed by atoms with van der Waals surface area (Å²) in [5, 5.41) is 23.3. The molecular weight excluding hydrogens is 1030 g/mol. The number of esters is 1. The fourth-order valence-electron chi connectivity index (χ4n) is 11.8. The van der Waals surface area contributed by atoms with Gasteiger partial charge in [0.1, 0.15) is 0 Å². The predicted octanol–water partition coefficient (Wildman–Crippen LogP) is 24.8. The second-order valence-electron chi connectivity index (χ2n) is 26.0. The summed E-state index contributed by atoms with van der Waals surface area (Å²) >= 11 is 0. The third-order valence-electron chi connectivity index (χ3n) is 17.6. The van der Waals surface area contributed by atoms with Gasteiger partial charge in [-0.05, 0) is 89.9 Å². The molecule has 6 heteroatoms. The second-order valence-corrected chi connectivity index (χ2v) is 26.0. The molecule has 0 aromatic heterocycles. The van der Waals surface area contributed by atoms with Crippen molar-refractivity contribution in [3.8, 4) is 0 Å². The summed E-state index contributed by atoms with van der Waals surface area (Å²) in [6.07, 6.45) is 96.4. The molecule has 3 N–H and O–H groups in total. The minimum atomic E-state index is -0.845. The van der Waals surface area contributed by atoms with Crippen LogP contribution in [0.25, 0.3) is 0 Å². The summed E-state index contributed by atoms with van der Waals surface area (Å²) in [5.74, 6) is -0.0545. The fourth-order valence-corrected chi connectivity index (χ4v) is 11.8. The van der Waals surface area contributed by atoms with Crippen LogP contribution in [-0.4, -0.2) is 47.4 Å². The van der Waals surface area contributed by atoms with Gasteiger partial charge in [-0.3, -0.25) is 9.59 Å². The number of carbonyl (C=O) groups is 2. The van der Waals surface area contributed by atoms with Gasteiger partial charge in [-0.1, -0.05) is 358 Å².